The van der Waals surface area contributed by atoms with Crippen molar-refractivity contribution >= 4 is 44.7 Å². The molecule has 3 nitrogen and oxygen atoms in total. The largest absolute Gasteiger partial charge is 0.339 e. The summed E-state index contributed by atoms with van der Waals surface area (Å²) in [7, 11) is 0. The lowest BCUT2D eigenvalue weighted by Crippen LogP contribution is -1.97. The molecular weight excluding hydrogens is 369 g/mol. The first-order chi connectivity index (χ1) is 12.5. The molecule has 1 N–H and O–H groups in total. The summed E-state index contributed by atoms with van der Waals surface area (Å²) < 4.78 is 13.3. The molecule has 130 valence electrons. The third kappa shape index (κ3) is 3.04. The number of aromatic nitrogens is 2. The Labute approximate surface area is 159 Å². The van der Waals surface area contributed by atoms with Crippen LogP contribution in [0.5, 0.6) is 0 Å². The van der Waals surface area contributed by atoms with Gasteiger partial charge in [-0.15, -0.1) is 11.3 Å². The quantitative estimate of drug-likeness (QED) is 0.438. The Balaban J connectivity index is 1.89. The Morgan fingerprint density at radius 2 is 1.81 bits per heavy atom. The van der Waals surface area contributed by atoms with Gasteiger partial charge in [0.25, 0.3) is 0 Å². The molecule has 0 atom stereocenters. The second-order valence-corrected chi connectivity index (χ2v) is 7.67. The maximum atomic E-state index is 13.3. The average molecular weight is 384 g/mol. The van der Waals surface area contributed by atoms with E-state index in [1.807, 2.05) is 32.0 Å². The number of hydrogen-bond donors (Lipinski definition) is 1. The van der Waals surface area contributed by atoms with E-state index in [4.69, 9.17) is 11.6 Å². The first kappa shape index (κ1) is 16.9. The first-order valence-corrected chi connectivity index (χ1v) is 9.25. The first-order valence-electron chi connectivity index (χ1n) is 8.06. The molecule has 0 aliphatic carbocycles. The van der Waals surface area contributed by atoms with Crippen molar-refractivity contribution < 1.29 is 4.39 Å². The molecule has 0 fully saturated rings. The van der Waals surface area contributed by atoms with Crippen molar-refractivity contribution in [1.82, 2.24) is 9.97 Å². The number of thiophene rings is 1. The highest BCUT2D eigenvalue weighted by molar-refractivity contribution is 7.19. The number of fused-ring (bicyclic) bond motifs is 1. The number of aryl methyl sites for hydroxylation is 2. The van der Waals surface area contributed by atoms with Crippen LogP contribution < -0.4 is 5.32 Å². The van der Waals surface area contributed by atoms with E-state index in [2.05, 4.69) is 15.3 Å². The summed E-state index contributed by atoms with van der Waals surface area (Å²) in [4.78, 5) is 10.9. The number of nitrogens with one attached hydrogen (secondary N) is 1. The van der Waals surface area contributed by atoms with Crippen LogP contribution in [-0.2, 0) is 0 Å². The summed E-state index contributed by atoms with van der Waals surface area (Å²) in [6.45, 7) is 4.04. The summed E-state index contributed by atoms with van der Waals surface area (Å²) in [6.07, 6.45) is 1.56. The van der Waals surface area contributed by atoms with Crippen molar-refractivity contribution in [2.24, 2.45) is 0 Å². The molecule has 0 bridgehead atoms. The van der Waals surface area contributed by atoms with E-state index in [0.717, 1.165) is 43.3 Å². The van der Waals surface area contributed by atoms with E-state index in [0.29, 0.717) is 5.02 Å². The molecular formula is C20H15ClFN3S. The molecule has 0 aliphatic rings. The van der Waals surface area contributed by atoms with Crippen molar-refractivity contribution in [3.63, 3.8) is 0 Å². The SMILES string of the molecule is Cc1cc(Cl)ccc1Nc1ncnc2sc(C)c(-c3ccc(F)cc3)c12. The van der Waals surface area contributed by atoms with E-state index in [1.165, 1.54) is 12.1 Å². The predicted molar refractivity (Wildman–Crippen MR) is 107 cm³/mol. The van der Waals surface area contributed by atoms with Crippen LogP contribution >= 0.6 is 22.9 Å². The molecule has 0 aliphatic heterocycles. The molecule has 0 radical (unpaired) electrons. The highest BCUT2D eigenvalue weighted by Gasteiger charge is 2.17. The van der Waals surface area contributed by atoms with Crippen LogP contribution in [0.3, 0.4) is 0 Å². The van der Waals surface area contributed by atoms with Gasteiger partial charge >= 0.3 is 0 Å². The fourth-order valence-electron chi connectivity index (χ4n) is 3.00. The number of hydrogen-bond acceptors (Lipinski definition) is 4. The molecule has 6 heteroatoms. The Morgan fingerprint density at radius 1 is 1.04 bits per heavy atom. The van der Waals surface area contributed by atoms with Gasteiger partial charge in [0.05, 0.1) is 5.39 Å². The van der Waals surface area contributed by atoms with E-state index in [9.17, 15) is 4.39 Å². The average Bonchev–Trinajstić information content (AvgIpc) is 2.95. The lowest BCUT2D eigenvalue weighted by Gasteiger charge is -2.11. The molecule has 0 amide bonds. The van der Waals surface area contributed by atoms with Gasteiger partial charge in [0.2, 0.25) is 0 Å². The summed E-state index contributed by atoms with van der Waals surface area (Å²) >= 11 is 7.66. The molecule has 26 heavy (non-hydrogen) atoms. The standard InChI is InChI=1S/C20H15ClFN3S/c1-11-9-14(21)5-8-16(11)25-19-18-17(13-3-6-15(22)7-4-13)12(2)26-20(18)24-10-23-19/h3-10H,1-2H3,(H,23,24,25). The van der Waals surface area contributed by atoms with Gasteiger partial charge in [-0.3, -0.25) is 0 Å². The van der Waals surface area contributed by atoms with Crippen molar-refractivity contribution in [2.45, 2.75) is 13.8 Å². The van der Waals surface area contributed by atoms with Crippen molar-refractivity contribution in [2.75, 3.05) is 5.32 Å². The second kappa shape index (κ2) is 6.67. The van der Waals surface area contributed by atoms with Crippen molar-refractivity contribution in [3.8, 4) is 11.1 Å². The number of halogens is 2. The zero-order valence-electron chi connectivity index (χ0n) is 14.2. The Kier molecular flexibility index (Phi) is 4.34. The number of anilines is 2. The topological polar surface area (TPSA) is 37.8 Å². The lowest BCUT2D eigenvalue weighted by atomic mass is 10.0. The van der Waals surface area contributed by atoms with E-state index >= 15 is 0 Å². The third-order valence-electron chi connectivity index (χ3n) is 4.24. The molecule has 4 rings (SSSR count). The van der Waals surface area contributed by atoms with E-state index in [-0.39, 0.29) is 5.82 Å². The van der Waals surface area contributed by atoms with Crippen LogP contribution in [0.2, 0.25) is 5.02 Å². The Hall–Kier alpha value is -2.50. The number of benzene rings is 2. The van der Waals surface area contributed by atoms with Crippen molar-refractivity contribution in [3.05, 3.63) is 70.1 Å². The normalized spacial score (nSPS) is 11.1. The Morgan fingerprint density at radius 3 is 2.54 bits per heavy atom. The highest BCUT2D eigenvalue weighted by atomic mass is 35.5. The minimum Gasteiger partial charge on any atom is -0.339 e. The van der Waals surface area contributed by atoms with Gasteiger partial charge in [0.1, 0.15) is 22.8 Å². The summed E-state index contributed by atoms with van der Waals surface area (Å²) in [5, 5.41) is 5.03. The second-order valence-electron chi connectivity index (χ2n) is 6.03. The minimum absolute atomic E-state index is 0.252. The summed E-state index contributed by atoms with van der Waals surface area (Å²) in [6, 6.07) is 12.2. The molecule has 2 heterocycles. The lowest BCUT2D eigenvalue weighted by molar-refractivity contribution is 0.628. The van der Waals surface area contributed by atoms with Crippen molar-refractivity contribution in [1.29, 1.82) is 0 Å². The molecule has 2 aromatic carbocycles. The molecule has 4 aromatic rings. The van der Waals surface area contributed by atoms with Crippen LogP contribution in [-0.4, -0.2) is 9.97 Å². The molecule has 0 spiro atoms. The van der Waals surface area contributed by atoms with Crippen LogP contribution in [0, 0.1) is 19.7 Å². The maximum absolute atomic E-state index is 13.3. The van der Waals surface area contributed by atoms with Gasteiger partial charge in [-0.2, -0.15) is 0 Å². The monoisotopic (exact) mass is 383 g/mol. The van der Waals surface area contributed by atoms with Gasteiger partial charge in [0, 0.05) is 21.2 Å². The zero-order chi connectivity index (χ0) is 18.3. The number of rotatable bonds is 3. The van der Waals surface area contributed by atoms with Gasteiger partial charge in [-0.1, -0.05) is 23.7 Å². The van der Waals surface area contributed by atoms with Crippen LogP contribution in [0.4, 0.5) is 15.9 Å². The molecule has 0 unspecified atom stereocenters. The molecule has 0 saturated carbocycles. The fourth-order valence-corrected chi connectivity index (χ4v) is 4.24. The molecule has 0 saturated heterocycles. The van der Waals surface area contributed by atoms with Crippen LogP contribution in [0.15, 0.2) is 48.8 Å². The predicted octanol–water partition coefficient (Wildman–Crippen LogP) is 6.51. The zero-order valence-corrected chi connectivity index (χ0v) is 15.7. The van der Waals surface area contributed by atoms with Crippen LogP contribution in [0.1, 0.15) is 10.4 Å². The Bertz CT molecular complexity index is 1110. The smallest absolute Gasteiger partial charge is 0.143 e. The number of nitrogens with zero attached hydrogens (tertiary/aromatic N) is 2. The minimum atomic E-state index is -0.252. The van der Waals surface area contributed by atoms with Gasteiger partial charge in [-0.05, 0) is 55.3 Å². The third-order valence-corrected chi connectivity index (χ3v) is 5.49. The summed E-state index contributed by atoms with van der Waals surface area (Å²) in [5.41, 5.74) is 3.93. The van der Waals surface area contributed by atoms with Crippen LogP contribution in [0.25, 0.3) is 21.3 Å². The van der Waals surface area contributed by atoms with E-state index in [1.54, 1.807) is 29.8 Å². The molecule has 2 aromatic heterocycles. The summed E-state index contributed by atoms with van der Waals surface area (Å²) in [5.74, 6) is 0.474. The fraction of sp³-hybridized carbons (Fsp3) is 0.100. The highest BCUT2D eigenvalue weighted by Crippen LogP contribution is 2.41. The van der Waals surface area contributed by atoms with Gasteiger partial charge in [-0.25, -0.2) is 14.4 Å². The maximum Gasteiger partial charge on any atom is 0.143 e. The van der Waals surface area contributed by atoms with Gasteiger partial charge < -0.3 is 5.32 Å². The van der Waals surface area contributed by atoms with Gasteiger partial charge in [0.15, 0.2) is 0 Å². The van der Waals surface area contributed by atoms with E-state index < -0.39 is 0 Å².